The van der Waals surface area contributed by atoms with Gasteiger partial charge in [-0.1, -0.05) is 54.6 Å². The number of ether oxygens (including phenoxy) is 1. The predicted molar refractivity (Wildman–Crippen MR) is 117 cm³/mol. The number of nitrogens with zero attached hydrogens (tertiary/aromatic N) is 1. The van der Waals surface area contributed by atoms with Gasteiger partial charge < -0.3 is 15.4 Å². The van der Waals surface area contributed by atoms with Crippen LogP contribution in [-0.2, 0) is 4.74 Å². The molecule has 4 rings (SSSR count). The molecule has 1 aromatic heterocycles. The molecule has 1 heterocycles. The van der Waals surface area contributed by atoms with Crippen molar-refractivity contribution in [2.75, 3.05) is 17.2 Å². The number of hydrogen-bond donors (Lipinski definition) is 2. The Bertz CT molecular complexity index is 1130. The number of para-hydroxylation sites is 3. The summed E-state index contributed by atoms with van der Waals surface area (Å²) in [7, 11) is 0. The highest BCUT2D eigenvalue weighted by molar-refractivity contribution is 6.10. The maximum absolute atomic E-state index is 13.0. The Morgan fingerprint density at radius 3 is 2.07 bits per heavy atom. The van der Waals surface area contributed by atoms with Crippen molar-refractivity contribution in [1.82, 2.24) is 4.98 Å². The molecule has 0 aliphatic heterocycles. The number of carbonyl (C=O) groups excluding carboxylic acids is 1. The molecule has 144 valence electrons. The Balaban J connectivity index is 1.93. The van der Waals surface area contributed by atoms with E-state index in [1.807, 2.05) is 84.9 Å². The Labute approximate surface area is 169 Å². The van der Waals surface area contributed by atoms with E-state index in [4.69, 9.17) is 9.72 Å². The number of fused-ring (bicyclic) bond motifs is 1. The van der Waals surface area contributed by atoms with E-state index in [-0.39, 0.29) is 6.61 Å². The first-order valence-electron chi connectivity index (χ1n) is 9.50. The van der Waals surface area contributed by atoms with Crippen LogP contribution >= 0.6 is 0 Å². The number of carbonyl (C=O) groups is 1. The first kappa shape index (κ1) is 18.5. The van der Waals surface area contributed by atoms with Crippen molar-refractivity contribution in [3.63, 3.8) is 0 Å². The minimum absolute atomic E-state index is 0.279. The maximum atomic E-state index is 13.0. The third kappa shape index (κ3) is 4.04. The molecule has 0 unspecified atom stereocenters. The summed E-state index contributed by atoms with van der Waals surface area (Å²) in [5.41, 5.74) is 3.53. The molecule has 0 aliphatic carbocycles. The summed E-state index contributed by atoms with van der Waals surface area (Å²) in [4.78, 5) is 17.7. The average Bonchev–Trinajstić information content (AvgIpc) is 2.75. The number of benzene rings is 3. The van der Waals surface area contributed by atoms with Crippen molar-refractivity contribution in [2.24, 2.45) is 0 Å². The van der Waals surface area contributed by atoms with Crippen molar-refractivity contribution in [1.29, 1.82) is 0 Å². The standard InChI is InChI=1S/C24H21N3O2/c1-2-29-24(28)21-22(25-17-11-5-3-6-12-17)19-15-9-10-16-20(19)27-23(21)26-18-13-7-4-8-14-18/h3-16H,2H2,1H3,(H2,25,26,27). The summed E-state index contributed by atoms with van der Waals surface area (Å²) in [6.45, 7) is 2.07. The number of rotatable bonds is 6. The zero-order chi connectivity index (χ0) is 20.1. The summed E-state index contributed by atoms with van der Waals surface area (Å²) in [6, 6.07) is 27.1. The first-order valence-corrected chi connectivity index (χ1v) is 9.50. The lowest BCUT2D eigenvalue weighted by Crippen LogP contribution is -2.13. The molecule has 4 aromatic rings. The number of nitrogens with one attached hydrogen (secondary N) is 2. The fourth-order valence-corrected chi connectivity index (χ4v) is 3.16. The molecule has 0 atom stereocenters. The monoisotopic (exact) mass is 383 g/mol. The SMILES string of the molecule is CCOC(=O)c1c(Nc2ccccc2)nc2ccccc2c1Nc1ccccc1. The highest BCUT2D eigenvalue weighted by Crippen LogP contribution is 2.35. The Morgan fingerprint density at radius 2 is 1.41 bits per heavy atom. The van der Waals surface area contributed by atoms with Crippen molar-refractivity contribution in [2.45, 2.75) is 6.92 Å². The normalized spacial score (nSPS) is 10.5. The van der Waals surface area contributed by atoms with Crippen LogP contribution in [0.5, 0.6) is 0 Å². The number of hydrogen-bond acceptors (Lipinski definition) is 5. The van der Waals surface area contributed by atoms with E-state index >= 15 is 0 Å². The predicted octanol–water partition coefficient (Wildman–Crippen LogP) is 5.90. The molecule has 0 spiro atoms. The van der Waals surface area contributed by atoms with Gasteiger partial charge in [-0.3, -0.25) is 0 Å². The van der Waals surface area contributed by atoms with Gasteiger partial charge >= 0.3 is 5.97 Å². The molecule has 29 heavy (non-hydrogen) atoms. The Hall–Kier alpha value is -3.86. The van der Waals surface area contributed by atoms with Crippen molar-refractivity contribution < 1.29 is 9.53 Å². The second-order valence-corrected chi connectivity index (χ2v) is 6.43. The van der Waals surface area contributed by atoms with Crippen LogP contribution < -0.4 is 10.6 Å². The lowest BCUT2D eigenvalue weighted by molar-refractivity contribution is 0.0528. The first-order chi connectivity index (χ1) is 14.3. The lowest BCUT2D eigenvalue weighted by Gasteiger charge is -2.18. The highest BCUT2D eigenvalue weighted by Gasteiger charge is 2.23. The van der Waals surface area contributed by atoms with Crippen LogP contribution in [0.1, 0.15) is 17.3 Å². The minimum Gasteiger partial charge on any atom is -0.462 e. The van der Waals surface area contributed by atoms with Crippen molar-refractivity contribution in [3.8, 4) is 0 Å². The van der Waals surface area contributed by atoms with Gasteiger partial charge in [-0.2, -0.15) is 0 Å². The molecule has 0 bridgehead atoms. The van der Waals surface area contributed by atoms with Gasteiger partial charge in [0.05, 0.1) is 17.8 Å². The second kappa shape index (κ2) is 8.44. The summed E-state index contributed by atoms with van der Waals surface area (Å²) >= 11 is 0. The molecule has 0 fully saturated rings. The zero-order valence-corrected chi connectivity index (χ0v) is 16.1. The molecule has 5 nitrogen and oxygen atoms in total. The van der Waals surface area contributed by atoms with Gasteiger partial charge in [0.2, 0.25) is 0 Å². The molecule has 0 radical (unpaired) electrons. The molecule has 0 aliphatic rings. The summed E-state index contributed by atoms with van der Waals surface area (Å²) in [5.74, 6) is 0.0226. The van der Waals surface area contributed by atoms with Gasteiger partial charge in [0, 0.05) is 16.8 Å². The van der Waals surface area contributed by atoms with Crippen LogP contribution in [0.4, 0.5) is 22.9 Å². The molecule has 2 N–H and O–H groups in total. The zero-order valence-electron chi connectivity index (χ0n) is 16.1. The average molecular weight is 383 g/mol. The van der Waals surface area contributed by atoms with Crippen LogP contribution in [0, 0.1) is 0 Å². The summed E-state index contributed by atoms with van der Waals surface area (Å²) in [5, 5.41) is 7.52. The summed E-state index contributed by atoms with van der Waals surface area (Å²) in [6.07, 6.45) is 0. The smallest absolute Gasteiger partial charge is 0.344 e. The maximum Gasteiger partial charge on any atom is 0.344 e. The largest absolute Gasteiger partial charge is 0.462 e. The minimum atomic E-state index is -0.428. The lowest BCUT2D eigenvalue weighted by atomic mass is 10.1. The van der Waals surface area contributed by atoms with Crippen molar-refractivity contribution in [3.05, 3.63) is 90.5 Å². The molecular formula is C24H21N3O2. The second-order valence-electron chi connectivity index (χ2n) is 6.43. The van der Waals surface area contributed by atoms with E-state index < -0.39 is 5.97 Å². The Morgan fingerprint density at radius 1 is 0.828 bits per heavy atom. The molecule has 0 saturated heterocycles. The van der Waals surface area contributed by atoms with Crippen LogP contribution in [0.3, 0.4) is 0 Å². The molecule has 0 saturated carbocycles. The van der Waals surface area contributed by atoms with Gasteiger partial charge in [0.15, 0.2) is 0 Å². The van der Waals surface area contributed by atoms with E-state index in [1.54, 1.807) is 6.92 Å². The molecule has 5 heteroatoms. The fraction of sp³-hybridized carbons (Fsp3) is 0.0833. The van der Waals surface area contributed by atoms with Gasteiger partial charge in [-0.25, -0.2) is 9.78 Å². The topological polar surface area (TPSA) is 63.2 Å². The Kier molecular flexibility index (Phi) is 5.38. The van der Waals surface area contributed by atoms with Crippen LogP contribution in [0.15, 0.2) is 84.9 Å². The molecule has 0 amide bonds. The van der Waals surface area contributed by atoms with E-state index in [2.05, 4.69) is 10.6 Å². The van der Waals surface area contributed by atoms with Crippen LogP contribution in [-0.4, -0.2) is 17.6 Å². The fourth-order valence-electron chi connectivity index (χ4n) is 3.16. The van der Waals surface area contributed by atoms with Gasteiger partial charge in [-0.05, 0) is 37.3 Å². The van der Waals surface area contributed by atoms with E-state index in [0.29, 0.717) is 17.1 Å². The number of anilines is 4. The van der Waals surface area contributed by atoms with Gasteiger partial charge in [0.1, 0.15) is 11.4 Å². The van der Waals surface area contributed by atoms with Crippen LogP contribution in [0.25, 0.3) is 10.9 Å². The molecular weight excluding hydrogens is 362 g/mol. The van der Waals surface area contributed by atoms with Gasteiger partial charge in [0.25, 0.3) is 0 Å². The highest BCUT2D eigenvalue weighted by atomic mass is 16.5. The van der Waals surface area contributed by atoms with E-state index in [0.717, 1.165) is 22.3 Å². The molecule has 3 aromatic carbocycles. The number of pyridine rings is 1. The third-order valence-corrected chi connectivity index (χ3v) is 4.45. The van der Waals surface area contributed by atoms with Gasteiger partial charge in [-0.15, -0.1) is 0 Å². The van der Waals surface area contributed by atoms with E-state index in [9.17, 15) is 4.79 Å². The quantitative estimate of drug-likeness (QED) is 0.406. The van der Waals surface area contributed by atoms with Crippen LogP contribution in [0.2, 0.25) is 0 Å². The third-order valence-electron chi connectivity index (χ3n) is 4.45. The van der Waals surface area contributed by atoms with Crippen molar-refractivity contribution >= 4 is 39.8 Å². The number of aromatic nitrogens is 1. The summed E-state index contributed by atoms with van der Waals surface area (Å²) < 4.78 is 5.37. The van der Waals surface area contributed by atoms with E-state index in [1.165, 1.54) is 0 Å². The number of esters is 1.